The van der Waals surface area contributed by atoms with Crippen LogP contribution in [0.3, 0.4) is 0 Å². The number of carbonyl (C=O) groups excluding carboxylic acids is 1. The van der Waals surface area contributed by atoms with E-state index in [0.29, 0.717) is 26.2 Å². The summed E-state index contributed by atoms with van der Waals surface area (Å²) in [4.78, 5) is 11.8. The monoisotopic (exact) mass is 266 g/mol. The second-order valence-electron chi connectivity index (χ2n) is 4.31. The van der Waals surface area contributed by atoms with Crippen LogP contribution < -0.4 is 11.1 Å². The Morgan fingerprint density at radius 3 is 2.58 bits per heavy atom. The summed E-state index contributed by atoms with van der Waals surface area (Å²) in [6.45, 7) is 1.47. The first kappa shape index (κ1) is 15.6. The van der Waals surface area contributed by atoms with Gasteiger partial charge in [-0.25, -0.2) is 0 Å². The molecule has 0 aliphatic carbocycles. The molecule has 0 aromatic heterocycles. The lowest BCUT2D eigenvalue weighted by molar-refractivity contribution is -0.122. The van der Waals surface area contributed by atoms with Gasteiger partial charge in [-0.1, -0.05) is 24.3 Å². The van der Waals surface area contributed by atoms with E-state index in [9.17, 15) is 4.79 Å². The Kier molecular flexibility index (Phi) is 7.10. The molecule has 1 rings (SSSR count). The number of methoxy groups -OCH3 is 2. The zero-order chi connectivity index (χ0) is 14.1. The van der Waals surface area contributed by atoms with Gasteiger partial charge in [0.2, 0.25) is 5.91 Å². The van der Waals surface area contributed by atoms with Crippen molar-refractivity contribution in [3.05, 3.63) is 35.4 Å². The van der Waals surface area contributed by atoms with Crippen molar-refractivity contribution in [2.24, 2.45) is 5.73 Å². The van der Waals surface area contributed by atoms with E-state index in [1.165, 1.54) is 0 Å². The third kappa shape index (κ3) is 5.38. The molecule has 5 nitrogen and oxygen atoms in total. The number of hydrogen-bond acceptors (Lipinski definition) is 4. The van der Waals surface area contributed by atoms with Crippen LogP contribution in [0.25, 0.3) is 0 Å². The predicted octanol–water partition coefficient (Wildman–Crippen LogP) is 0.813. The van der Waals surface area contributed by atoms with Crippen LogP contribution in [0.2, 0.25) is 0 Å². The Bertz CT molecular complexity index is 396. The molecule has 0 fully saturated rings. The number of rotatable bonds is 8. The minimum Gasteiger partial charge on any atom is -0.385 e. The van der Waals surface area contributed by atoms with E-state index < -0.39 is 6.04 Å². The van der Waals surface area contributed by atoms with Gasteiger partial charge in [0, 0.05) is 27.4 Å². The van der Waals surface area contributed by atoms with Crippen molar-refractivity contribution < 1.29 is 14.3 Å². The Hall–Kier alpha value is -1.43. The molecule has 0 heterocycles. The van der Waals surface area contributed by atoms with Gasteiger partial charge in [0.15, 0.2) is 0 Å². The summed E-state index contributed by atoms with van der Waals surface area (Å²) in [7, 11) is 3.24. The van der Waals surface area contributed by atoms with E-state index in [2.05, 4.69) is 5.32 Å². The topological polar surface area (TPSA) is 73.6 Å². The molecule has 106 valence electrons. The van der Waals surface area contributed by atoms with Crippen molar-refractivity contribution in [3.8, 4) is 0 Å². The molecule has 1 atom stereocenters. The summed E-state index contributed by atoms with van der Waals surface area (Å²) < 4.78 is 10.0. The van der Waals surface area contributed by atoms with Gasteiger partial charge in [0.25, 0.3) is 0 Å². The summed E-state index contributed by atoms with van der Waals surface area (Å²) in [6.07, 6.45) is 0.516. The second kappa shape index (κ2) is 8.63. The molecule has 1 unspecified atom stereocenters. The summed E-state index contributed by atoms with van der Waals surface area (Å²) >= 11 is 0. The highest BCUT2D eigenvalue weighted by molar-refractivity contribution is 5.81. The van der Waals surface area contributed by atoms with Gasteiger partial charge >= 0.3 is 0 Å². The molecular weight excluding hydrogens is 244 g/mol. The zero-order valence-corrected chi connectivity index (χ0v) is 11.5. The largest absolute Gasteiger partial charge is 0.385 e. The number of ether oxygens (including phenoxy) is 2. The molecule has 1 aromatic rings. The molecule has 1 aromatic carbocycles. The average Bonchev–Trinajstić information content (AvgIpc) is 2.43. The quantitative estimate of drug-likeness (QED) is 0.730. The Morgan fingerprint density at radius 2 is 1.95 bits per heavy atom. The zero-order valence-electron chi connectivity index (χ0n) is 11.5. The van der Waals surface area contributed by atoms with Crippen LogP contribution >= 0.6 is 0 Å². The maximum atomic E-state index is 11.8. The molecular formula is C14H22N2O3. The predicted molar refractivity (Wildman–Crippen MR) is 73.5 cm³/mol. The number of nitrogens with one attached hydrogen (secondary N) is 1. The molecule has 5 heteroatoms. The standard InChI is InChI=1S/C14H22N2O3/c1-18-8-7-13(15)14(17)16-9-11-5-3-4-6-12(11)10-19-2/h3-6,13H,7-10,15H2,1-2H3,(H,16,17). The third-order valence-electron chi connectivity index (χ3n) is 2.84. The van der Waals surface area contributed by atoms with E-state index in [-0.39, 0.29) is 5.91 Å². The van der Waals surface area contributed by atoms with E-state index >= 15 is 0 Å². The molecule has 0 aliphatic rings. The summed E-state index contributed by atoms with van der Waals surface area (Å²) in [5, 5.41) is 2.83. The van der Waals surface area contributed by atoms with Crippen LogP contribution in [-0.2, 0) is 27.4 Å². The van der Waals surface area contributed by atoms with Gasteiger partial charge in [0.05, 0.1) is 12.6 Å². The van der Waals surface area contributed by atoms with Crippen molar-refractivity contribution in [3.63, 3.8) is 0 Å². The van der Waals surface area contributed by atoms with Crippen molar-refractivity contribution >= 4 is 5.91 Å². The first-order valence-electron chi connectivity index (χ1n) is 6.27. The van der Waals surface area contributed by atoms with Crippen molar-refractivity contribution in [1.82, 2.24) is 5.32 Å². The first-order valence-corrected chi connectivity index (χ1v) is 6.27. The maximum absolute atomic E-state index is 11.8. The fourth-order valence-corrected chi connectivity index (χ4v) is 1.72. The molecule has 1 amide bonds. The minimum absolute atomic E-state index is 0.163. The number of amides is 1. The average molecular weight is 266 g/mol. The number of benzene rings is 1. The SMILES string of the molecule is COCCC(N)C(=O)NCc1ccccc1COC. The summed E-state index contributed by atoms with van der Waals surface area (Å²) in [5.41, 5.74) is 7.85. The van der Waals surface area contributed by atoms with E-state index in [1.807, 2.05) is 24.3 Å². The van der Waals surface area contributed by atoms with Crippen LogP contribution in [0, 0.1) is 0 Å². The highest BCUT2D eigenvalue weighted by Gasteiger charge is 2.13. The lowest BCUT2D eigenvalue weighted by Crippen LogP contribution is -2.41. The van der Waals surface area contributed by atoms with Crippen LogP contribution in [-0.4, -0.2) is 32.8 Å². The van der Waals surface area contributed by atoms with Crippen molar-refractivity contribution in [2.45, 2.75) is 25.6 Å². The lowest BCUT2D eigenvalue weighted by atomic mass is 10.1. The Balaban J connectivity index is 2.49. The fourth-order valence-electron chi connectivity index (χ4n) is 1.72. The molecule has 0 bridgehead atoms. The van der Waals surface area contributed by atoms with E-state index in [0.717, 1.165) is 11.1 Å². The number of nitrogens with two attached hydrogens (primary N) is 1. The molecule has 0 saturated heterocycles. The highest BCUT2D eigenvalue weighted by Crippen LogP contribution is 2.09. The minimum atomic E-state index is -0.533. The third-order valence-corrected chi connectivity index (χ3v) is 2.84. The summed E-state index contributed by atoms with van der Waals surface area (Å²) in [5.74, 6) is -0.163. The Morgan fingerprint density at radius 1 is 1.26 bits per heavy atom. The number of carbonyl (C=O) groups is 1. The van der Waals surface area contributed by atoms with Crippen LogP contribution in [0.1, 0.15) is 17.5 Å². The first-order chi connectivity index (χ1) is 9.19. The molecule has 3 N–H and O–H groups in total. The van der Waals surface area contributed by atoms with Crippen LogP contribution in [0.5, 0.6) is 0 Å². The van der Waals surface area contributed by atoms with Crippen LogP contribution in [0.15, 0.2) is 24.3 Å². The summed E-state index contributed by atoms with van der Waals surface area (Å²) in [6, 6.07) is 7.30. The van der Waals surface area contributed by atoms with Gasteiger partial charge < -0.3 is 20.5 Å². The maximum Gasteiger partial charge on any atom is 0.237 e. The number of hydrogen-bond donors (Lipinski definition) is 2. The highest BCUT2D eigenvalue weighted by atomic mass is 16.5. The Labute approximate surface area is 114 Å². The van der Waals surface area contributed by atoms with E-state index in [1.54, 1.807) is 14.2 Å². The van der Waals surface area contributed by atoms with Crippen molar-refractivity contribution in [2.75, 3.05) is 20.8 Å². The molecule has 0 aliphatic heterocycles. The molecule has 0 radical (unpaired) electrons. The van der Waals surface area contributed by atoms with Gasteiger partial charge in [-0.05, 0) is 17.5 Å². The van der Waals surface area contributed by atoms with Crippen molar-refractivity contribution in [1.29, 1.82) is 0 Å². The molecule has 19 heavy (non-hydrogen) atoms. The normalized spacial score (nSPS) is 12.2. The smallest absolute Gasteiger partial charge is 0.237 e. The second-order valence-corrected chi connectivity index (χ2v) is 4.31. The molecule has 0 spiro atoms. The van der Waals surface area contributed by atoms with Gasteiger partial charge in [-0.3, -0.25) is 4.79 Å². The molecule has 0 saturated carbocycles. The fraction of sp³-hybridized carbons (Fsp3) is 0.500. The van der Waals surface area contributed by atoms with Gasteiger partial charge in [-0.2, -0.15) is 0 Å². The van der Waals surface area contributed by atoms with Crippen LogP contribution in [0.4, 0.5) is 0 Å². The lowest BCUT2D eigenvalue weighted by Gasteiger charge is -2.13. The van der Waals surface area contributed by atoms with E-state index in [4.69, 9.17) is 15.2 Å². The van der Waals surface area contributed by atoms with Gasteiger partial charge in [-0.15, -0.1) is 0 Å². The van der Waals surface area contributed by atoms with Gasteiger partial charge in [0.1, 0.15) is 0 Å².